The second kappa shape index (κ2) is 22.1. The molecule has 6 unspecified atom stereocenters. The van der Waals surface area contributed by atoms with Crippen LogP contribution in [-0.2, 0) is 54.1 Å². The van der Waals surface area contributed by atoms with Gasteiger partial charge in [0.15, 0.2) is 0 Å². The third kappa shape index (κ3) is 11.2. The molecule has 1 aromatic carbocycles. The zero-order valence-electron chi connectivity index (χ0n) is 38.2. The van der Waals surface area contributed by atoms with Gasteiger partial charge in [-0.15, -0.1) is 0 Å². The van der Waals surface area contributed by atoms with E-state index in [4.69, 9.17) is 28.8 Å². The molecule has 360 valence electrons. The molecule has 5 saturated heterocycles. The van der Waals surface area contributed by atoms with Gasteiger partial charge in [0.25, 0.3) is 0 Å². The van der Waals surface area contributed by atoms with Crippen LogP contribution in [0, 0.1) is 35.5 Å². The minimum absolute atomic E-state index is 0.0481. The summed E-state index contributed by atoms with van der Waals surface area (Å²) in [6, 6.07) is 8.25. The van der Waals surface area contributed by atoms with Crippen LogP contribution in [0.2, 0.25) is 0 Å². The Morgan fingerprint density at radius 1 is 0.667 bits per heavy atom. The van der Waals surface area contributed by atoms with Crippen molar-refractivity contribution in [2.75, 3.05) is 74.1 Å². The lowest BCUT2D eigenvalue weighted by atomic mass is 9.81. The van der Waals surface area contributed by atoms with E-state index in [0.717, 1.165) is 77.1 Å². The number of aliphatic carboxylic acids is 2. The molecule has 0 aromatic heterocycles. The molecule has 4 N–H and O–H groups in total. The van der Waals surface area contributed by atoms with Gasteiger partial charge in [0, 0.05) is 51.9 Å². The standard InChI is InChI=1S/C22H28N2O5.C14H19NO4.C12H18N2O4/c1-28-16-4-2-14(3-5-16)8-11-24-12-9-15(10-13-24)23-21(25)19-17-6-7-18(29-17)20(19)22(26)27;1-18-14(17)12-10-6-5-9(19-10)11(12)13(16)15-7-3-2-4-8-15;1-14(2)6-5-13-11(15)9-7-3-4-8(18-7)10(9)12(16)17/h2-7,15,17-20H,8-13H2,1H3,(H,23,25)(H,26,27);5-6,9-12H,2-4,7-8H2,1H3;3-4,7-10H,5-6H2,1-2H3,(H,13,15)(H,16,17)/t17-,18+,19?,20?;9-,10+,11?,12?;7-,8+,9?,10?/m000/s1. The Morgan fingerprint density at radius 2 is 1.17 bits per heavy atom. The van der Waals surface area contributed by atoms with Gasteiger partial charge in [-0.3, -0.25) is 28.8 Å². The number of carbonyl (C=O) groups excluding carboxylic acids is 4. The number of nitrogens with zero attached hydrogens (tertiary/aromatic N) is 3. The fourth-order valence-corrected chi connectivity index (χ4v) is 10.4. The second-order valence-corrected chi connectivity index (χ2v) is 18.4. The minimum Gasteiger partial charge on any atom is -0.497 e. The number of likely N-dealkylation sites (tertiary alicyclic amines) is 2. The van der Waals surface area contributed by atoms with Crippen LogP contribution < -0.4 is 15.4 Å². The number of rotatable bonds is 14. The third-order valence-electron chi connectivity index (χ3n) is 14.0. The molecular weight excluding hydrogens is 855 g/mol. The number of likely N-dealkylation sites (N-methyl/N-ethyl adjacent to an activating group) is 1. The highest BCUT2D eigenvalue weighted by Gasteiger charge is 2.56. The number of carboxylic acid groups (broad SMARTS) is 2. The Kier molecular flexibility index (Phi) is 16.3. The molecule has 0 aliphatic carbocycles. The number of piperidine rings is 2. The molecular formula is C48H65N5O13. The fourth-order valence-electron chi connectivity index (χ4n) is 10.4. The summed E-state index contributed by atoms with van der Waals surface area (Å²) in [7, 11) is 6.85. The van der Waals surface area contributed by atoms with Gasteiger partial charge < -0.3 is 59.2 Å². The Morgan fingerprint density at radius 3 is 1.67 bits per heavy atom. The van der Waals surface area contributed by atoms with Crippen molar-refractivity contribution in [3.05, 3.63) is 66.3 Å². The Labute approximate surface area is 385 Å². The monoisotopic (exact) mass is 919 g/mol. The number of ether oxygens (including phenoxy) is 5. The number of amides is 3. The predicted molar refractivity (Wildman–Crippen MR) is 238 cm³/mol. The molecule has 12 atom stereocenters. The Bertz CT molecular complexity index is 1990. The molecule has 18 nitrogen and oxygen atoms in total. The SMILES string of the molecule is CN(C)CCNC(=O)C1C(C(=O)O)[C@H]2C=C[C@@H]1O2.COC(=O)C1C(C(=O)N2CCCCC2)[C@@H]2C=C[C@H]1O2.COc1ccc(CCN2CCC(NC(=O)C3C(C(=O)O)[C@H]4C=C[C@@H]3O4)CC2)cc1. The van der Waals surface area contributed by atoms with Gasteiger partial charge in [0.2, 0.25) is 17.7 Å². The lowest BCUT2D eigenvalue weighted by molar-refractivity contribution is -0.152. The van der Waals surface area contributed by atoms with E-state index in [2.05, 4.69) is 27.7 Å². The molecule has 6 bridgehead atoms. The zero-order chi connectivity index (χ0) is 47.1. The summed E-state index contributed by atoms with van der Waals surface area (Å²) in [5.41, 5.74) is 1.28. The van der Waals surface area contributed by atoms with E-state index in [-0.39, 0.29) is 41.9 Å². The van der Waals surface area contributed by atoms with Gasteiger partial charge in [-0.25, -0.2) is 0 Å². The van der Waals surface area contributed by atoms with Crippen molar-refractivity contribution in [3.63, 3.8) is 0 Å². The molecule has 8 heterocycles. The molecule has 8 aliphatic rings. The number of nitrogens with one attached hydrogen (secondary N) is 2. The van der Waals surface area contributed by atoms with Crippen LogP contribution in [-0.4, -0.2) is 177 Å². The lowest BCUT2D eigenvalue weighted by Gasteiger charge is -2.33. The Balaban J connectivity index is 0.000000154. The van der Waals surface area contributed by atoms with Crippen molar-refractivity contribution in [1.29, 1.82) is 0 Å². The second-order valence-electron chi connectivity index (χ2n) is 18.4. The van der Waals surface area contributed by atoms with Crippen molar-refractivity contribution >= 4 is 35.6 Å². The molecule has 5 fully saturated rings. The molecule has 0 spiro atoms. The van der Waals surface area contributed by atoms with Crippen LogP contribution in [0.3, 0.4) is 0 Å². The summed E-state index contributed by atoms with van der Waals surface area (Å²) in [5.74, 6) is -5.45. The number of benzene rings is 1. The van der Waals surface area contributed by atoms with E-state index in [9.17, 15) is 33.9 Å². The first kappa shape index (κ1) is 48.8. The molecule has 0 radical (unpaired) electrons. The predicted octanol–water partition coefficient (Wildman–Crippen LogP) is 1.53. The van der Waals surface area contributed by atoms with Gasteiger partial charge in [-0.2, -0.15) is 0 Å². The van der Waals surface area contributed by atoms with Crippen molar-refractivity contribution in [2.45, 2.75) is 81.2 Å². The summed E-state index contributed by atoms with van der Waals surface area (Å²) in [4.78, 5) is 78.3. The van der Waals surface area contributed by atoms with E-state index in [1.54, 1.807) is 25.3 Å². The Hall–Kier alpha value is -5.14. The van der Waals surface area contributed by atoms with Crippen LogP contribution >= 0.6 is 0 Å². The lowest BCUT2D eigenvalue weighted by Crippen LogP contribution is -2.49. The number of methoxy groups -OCH3 is 2. The first-order valence-corrected chi connectivity index (χ1v) is 23.2. The summed E-state index contributed by atoms with van der Waals surface area (Å²) in [5, 5.41) is 24.5. The number of esters is 1. The quantitative estimate of drug-likeness (QED) is 0.154. The topological polar surface area (TPSA) is 223 Å². The first-order valence-electron chi connectivity index (χ1n) is 23.2. The van der Waals surface area contributed by atoms with Crippen LogP contribution in [0.1, 0.15) is 37.7 Å². The summed E-state index contributed by atoms with van der Waals surface area (Å²) >= 11 is 0. The number of hydrogen-bond donors (Lipinski definition) is 4. The van der Waals surface area contributed by atoms with Crippen LogP contribution in [0.5, 0.6) is 5.75 Å². The number of carboxylic acids is 2. The maximum atomic E-state index is 12.8. The summed E-state index contributed by atoms with van der Waals surface area (Å²) in [6.07, 6.45) is 14.6. The molecule has 18 heteroatoms. The van der Waals surface area contributed by atoms with E-state index >= 15 is 0 Å². The molecule has 0 saturated carbocycles. The summed E-state index contributed by atoms with van der Waals surface area (Å²) < 4.78 is 26.7. The van der Waals surface area contributed by atoms with Gasteiger partial charge >= 0.3 is 17.9 Å². The fraction of sp³-hybridized carbons (Fsp3) is 0.625. The molecule has 1 aromatic rings. The van der Waals surface area contributed by atoms with Gasteiger partial charge in [0.05, 0.1) is 68.6 Å². The highest BCUT2D eigenvalue weighted by molar-refractivity contribution is 5.89. The van der Waals surface area contributed by atoms with Crippen molar-refractivity contribution in [2.24, 2.45) is 35.5 Å². The van der Waals surface area contributed by atoms with E-state index in [1.807, 2.05) is 54.3 Å². The highest BCUT2D eigenvalue weighted by Crippen LogP contribution is 2.42. The van der Waals surface area contributed by atoms with Crippen molar-refractivity contribution < 1.29 is 62.7 Å². The maximum Gasteiger partial charge on any atom is 0.312 e. The van der Waals surface area contributed by atoms with E-state index in [1.165, 1.54) is 19.1 Å². The van der Waals surface area contributed by atoms with E-state index < -0.39 is 71.9 Å². The van der Waals surface area contributed by atoms with Crippen molar-refractivity contribution in [3.8, 4) is 5.75 Å². The summed E-state index contributed by atoms with van der Waals surface area (Å²) in [6.45, 7) is 5.66. The molecule has 9 rings (SSSR count). The third-order valence-corrected chi connectivity index (χ3v) is 14.0. The largest absolute Gasteiger partial charge is 0.497 e. The molecule has 3 amide bonds. The normalized spacial score (nSPS) is 32.3. The number of fused-ring (bicyclic) bond motifs is 6. The van der Waals surface area contributed by atoms with E-state index in [0.29, 0.717) is 6.54 Å². The molecule has 8 aliphatic heterocycles. The van der Waals surface area contributed by atoms with Crippen LogP contribution in [0.25, 0.3) is 0 Å². The van der Waals surface area contributed by atoms with Gasteiger partial charge in [-0.05, 0) is 70.3 Å². The smallest absolute Gasteiger partial charge is 0.312 e. The van der Waals surface area contributed by atoms with Gasteiger partial charge in [-0.1, -0.05) is 48.6 Å². The first-order chi connectivity index (χ1) is 31.8. The van der Waals surface area contributed by atoms with Crippen molar-refractivity contribution in [1.82, 2.24) is 25.3 Å². The number of carbonyl (C=O) groups is 6. The number of hydrogen-bond acceptors (Lipinski definition) is 13. The zero-order valence-corrected chi connectivity index (χ0v) is 38.2. The maximum absolute atomic E-state index is 12.8. The van der Waals surface area contributed by atoms with Crippen LogP contribution in [0.4, 0.5) is 0 Å². The molecule has 66 heavy (non-hydrogen) atoms. The average molecular weight is 920 g/mol. The average Bonchev–Trinajstić information content (AvgIpc) is 4.21. The minimum atomic E-state index is -0.973. The van der Waals surface area contributed by atoms with Crippen LogP contribution in [0.15, 0.2) is 60.7 Å². The highest BCUT2D eigenvalue weighted by atomic mass is 16.5. The van der Waals surface area contributed by atoms with Gasteiger partial charge in [0.1, 0.15) is 23.5 Å².